The first-order chi connectivity index (χ1) is 13.6. The number of amides is 1. The van der Waals surface area contributed by atoms with Crippen molar-refractivity contribution in [1.82, 2.24) is 0 Å². The first kappa shape index (κ1) is 20.3. The van der Waals surface area contributed by atoms with Gasteiger partial charge in [-0.05, 0) is 42.0 Å². The molecule has 1 amide bonds. The summed E-state index contributed by atoms with van der Waals surface area (Å²) in [5.74, 6) is -4.31. The number of carbonyl (C=O) groups excluding carboxylic acids is 2. The quantitative estimate of drug-likeness (QED) is 0.758. The Balaban J connectivity index is 1.65. The molecular formula is C19H15F3N2O5. The molecule has 29 heavy (non-hydrogen) atoms. The van der Waals surface area contributed by atoms with Crippen molar-refractivity contribution in [3.63, 3.8) is 0 Å². The molecule has 1 aliphatic heterocycles. The van der Waals surface area contributed by atoms with E-state index in [0.717, 1.165) is 0 Å². The van der Waals surface area contributed by atoms with E-state index >= 15 is 0 Å². The lowest BCUT2D eigenvalue weighted by molar-refractivity contribution is -0.355. The van der Waals surface area contributed by atoms with Crippen molar-refractivity contribution in [2.24, 2.45) is 5.16 Å². The number of benzene rings is 2. The number of halogens is 3. The van der Waals surface area contributed by atoms with Gasteiger partial charge in [-0.3, -0.25) is 4.79 Å². The second-order valence-corrected chi connectivity index (χ2v) is 6.19. The van der Waals surface area contributed by atoms with Gasteiger partial charge >= 0.3 is 17.9 Å². The highest BCUT2D eigenvalue weighted by Crippen LogP contribution is 2.39. The van der Waals surface area contributed by atoms with Gasteiger partial charge in [0.15, 0.2) is 0 Å². The molecule has 1 unspecified atom stereocenters. The van der Waals surface area contributed by atoms with Crippen molar-refractivity contribution >= 4 is 23.3 Å². The Bertz CT molecular complexity index is 955. The number of nitrogens with zero attached hydrogens (tertiary/aromatic N) is 1. The summed E-state index contributed by atoms with van der Waals surface area (Å²) in [5.41, 5.74) is 1.23. The van der Waals surface area contributed by atoms with Crippen LogP contribution in [0.2, 0.25) is 0 Å². The van der Waals surface area contributed by atoms with Gasteiger partial charge in [-0.2, -0.15) is 13.2 Å². The van der Waals surface area contributed by atoms with Gasteiger partial charge in [-0.1, -0.05) is 17.3 Å². The van der Waals surface area contributed by atoms with Gasteiger partial charge in [0.2, 0.25) is 0 Å². The van der Waals surface area contributed by atoms with Crippen LogP contribution in [0, 0.1) is 0 Å². The third-order valence-electron chi connectivity index (χ3n) is 4.20. The number of esters is 1. The summed E-state index contributed by atoms with van der Waals surface area (Å²) in [5, 5.41) is 15.4. The van der Waals surface area contributed by atoms with E-state index in [9.17, 15) is 27.9 Å². The number of ether oxygens (including phenoxy) is 1. The maximum absolute atomic E-state index is 12.8. The number of nitrogens with one attached hydrogen (secondary N) is 1. The molecule has 0 spiro atoms. The Hall–Kier alpha value is -3.40. The van der Waals surface area contributed by atoms with Crippen LogP contribution in [0.25, 0.3) is 0 Å². The fourth-order valence-corrected chi connectivity index (χ4v) is 2.55. The highest BCUT2D eigenvalue weighted by Gasteiger charge is 2.60. The largest absolute Gasteiger partial charge is 0.465 e. The highest BCUT2D eigenvalue weighted by molar-refractivity contribution is 6.05. The smallest absolute Gasteiger partial charge is 0.458 e. The molecule has 1 atom stereocenters. The van der Waals surface area contributed by atoms with Crippen LogP contribution in [-0.2, 0) is 9.57 Å². The molecule has 7 nitrogen and oxygen atoms in total. The fourth-order valence-electron chi connectivity index (χ4n) is 2.55. The van der Waals surface area contributed by atoms with Gasteiger partial charge in [-0.25, -0.2) is 4.79 Å². The van der Waals surface area contributed by atoms with Crippen LogP contribution < -0.4 is 5.32 Å². The number of anilines is 1. The number of alkyl halides is 3. The summed E-state index contributed by atoms with van der Waals surface area (Å²) in [6, 6.07) is 11.7. The first-order valence-corrected chi connectivity index (χ1v) is 8.27. The minimum absolute atomic E-state index is 0.0684. The second kappa shape index (κ2) is 7.55. The number of oxime groups is 1. The molecule has 1 aliphatic rings. The van der Waals surface area contributed by atoms with Crippen molar-refractivity contribution in [3.05, 3.63) is 65.2 Å². The maximum Gasteiger partial charge on any atom is 0.458 e. The maximum atomic E-state index is 12.8. The predicted molar refractivity (Wildman–Crippen MR) is 95.4 cm³/mol. The lowest BCUT2D eigenvalue weighted by atomic mass is 10.0. The number of methoxy groups -OCH3 is 1. The van der Waals surface area contributed by atoms with Crippen molar-refractivity contribution in [2.75, 3.05) is 12.4 Å². The Morgan fingerprint density at radius 3 is 2.21 bits per heavy atom. The molecule has 0 bridgehead atoms. The molecule has 0 radical (unpaired) electrons. The van der Waals surface area contributed by atoms with Crippen LogP contribution in [-0.4, -0.2) is 41.8 Å². The third-order valence-corrected chi connectivity index (χ3v) is 4.20. The summed E-state index contributed by atoms with van der Waals surface area (Å²) in [4.78, 5) is 27.8. The Morgan fingerprint density at radius 2 is 1.69 bits per heavy atom. The van der Waals surface area contributed by atoms with E-state index in [1.54, 1.807) is 0 Å². The fraction of sp³-hybridized carbons (Fsp3) is 0.211. The van der Waals surface area contributed by atoms with E-state index in [4.69, 9.17) is 0 Å². The highest BCUT2D eigenvalue weighted by atomic mass is 19.4. The van der Waals surface area contributed by atoms with E-state index in [1.807, 2.05) is 0 Å². The van der Waals surface area contributed by atoms with Gasteiger partial charge in [0, 0.05) is 11.3 Å². The van der Waals surface area contributed by atoms with Gasteiger partial charge in [-0.15, -0.1) is 0 Å². The molecular weight excluding hydrogens is 393 g/mol. The SMILES string of the molecule is COC(=O)c1ccc(C(=O)Nc2ccc(C3=NOC(O)(C(F)(F)F)C3)cc2)cc1. The molecule has 0 fully saturated rings. The second-order valence-electron chi connectivity index (χ2n) is 6.19. The standard InChI is InChI=1S/C19H15F3N2O5/c1-28-17(26)13-4-2-12(3-5-13)16(25)23-14-8-6-11(7-9-14)15-10-18(27,29-24-15)19(20,21)22/h2-9,27H,10H2,1H3,(H,23,25). The summed E-state index contributed by atoms with van der Waals surface area (Å²) in [6.07, 6.45) is -5.82. The molecule has 10 heteroatoms. The lowest BCUT2D eigenvalue weighted by Gasteiger charge is -2.22. The van der Waals surface area contributed by atoms with Gasteiger partial charge in [0.25, 0.3) is 5.91 Å². The number of hydrogen-bond acceptors (Lipinski definition) is 6. The van der Waals surface area contributed by atoms with Gasteiger partial charge in [0.05, 0.1) is 24.8 Å². The van der Waals surface area contributed by atoms with Crippen molar-refractivity contribution in [3.8, 4) is 0 Å². The number of rotatable bonds is 4. The van der Waals surface area contributed by atoms with Crippen LogP contribution in [0.5, 0.6) is 0 Å². The average molecular weight is 408 g/mol. The number of aliphatic hydroxyl groups is 1. The van der Waals surface area contributed by atoms with Crippen LogP contribution in [0.1, 0.15) is 32.7 Å². The molecule has 152 valence electrons. The molecule has 2 aromatic rings. The van der Waals surface area contributed by atoms with E-state index < -0.39 is 30.3 Å². The number of carbonyl (C=O) groups is 2. The van der Waals surface area contributed by atoms with Gasteiger partial charge < -0.3 is 20.0 Å². The monoisotopic (exact) mass is 408 g/mol. The Kier molecular flexibility index (Phi) is 5.29. The minimum Gasteiger partial charge on any atom is -0.465 e. The predicted octanol–water partition coefficient (Wildman–Crippen LogP) is 3.10. The van der Waals surface area contributed by atoms with Crippen molar-refractivity contribution in [1.29, 1.82) is 0 Å². The molecule has 0 saturated carbocycles. The zero-order chi connectivity index (χ0) is 21.2. The average Bonchev–Trinajstić information content (AvgIpc) is 3.11. The van der Waals surface area contributed by atoms with Crippen molar-refractivity contribution < 1.29 is 37.4 Å². The molecule has 2 aromatic carbocycles. The van der Waals surface area contributed by atoms with Crippen molar-refractivity contribution in [2.45, 2.75) is 18.4 Å². The van der Waals surface area contributed by atoms with Crippen LogP contribution in [0.4, 0.5) is 18.9 Å². The molecule has 0 aromatic heterocycles. The summed E-state index contributed by atoms with van der Waals surface area (Å²) >= 11 is 0. The molecule has 1 heterocycles. The lowest BCUT2D eigenvalue weighted by Crippen LogP contribution is -2.45. The normalized spacial score (nSPS) is 18.6. The summed E-state index contributed by atoms with van der Waals surface area (Å²) in [7, 11) is 1.25. The van der Waals surface area contributed by atoms with Crippen LogP contribution in [0.3, 0.4) is 0 Å². The zero-order valence-corrected chi connectivity index (χ0v) is 15.0. The third kappa shape index (κ3) is 4.21. The molecule has 3 rings (SSSR count). The van der Waals surface area contributed by atoms with Crippen LogP contribution in [0.15, 0.2) is 53.7 Å². The van der Waals surface area contributed by atoms with E-state index in [2.05, 4.69) is 20.0 Å². The van der Waals surface area contributed by atoms with Crippen LogP contribution >= 0.6 is 0 Å². The molecule has 2 N–H and O–H groups in total. The zero-order valence-electron chi connectivity index (χ0n) is 15.0. The Labute approximate surface area is 162 Å². The summed E-state index contributed by atoms with van der Waals surface area (Å²) in [6.45, 7) is 0. The first-order valence-electron chi connectivity index (χ1n) is 8.27. The van der Waals surface area contributed by atoms with E-state index in [1.165, 1.54) is 55.6 Å². The summed E-state index contributed by atoms with van der Waals surface area (Å²) < 4.78 is 42.9. The van der Waals surface area contributed by atoms with Gasteiger partial charge in [0.1, 0.15) is 0 Å². The topological polar surface area (TPSA) is 97.2 Å². The number of hydrogen-bond donors (Lipinski definition) is 2. The molecule has 0 saturated heterocycles. The minimum atomic E-state index is -4.98. The van der Waals surface area contributed by atoms with E-state index in [0.29, 0.717) is 22.4 Å². The molecule has 0 aliphatic carbocycles. The Morgan fingerprint density at radius 1 is 1.10 bits per heavy atom. The van der Waals surface area contributed by atoms with E-state index in [-0.39, 0.29) is 5.71 Å².